The number of rotatable bonds is 7. The monoisotopic (exact) mass is 466 g/mol. The second-order valence-corrected chi connectivity index (χ2v) is 9.91. The third-order valence-corrected chi connectivity index (χ3v) is 7.48. The fraction of sp³-hybridized carbons (Fsp3) is 0.240. The van der Waals surface area contributed by atoms with Crippen molar-refractivity contribution >= 4 is 21.6 Å². The molecule has 1 aliphatic rings. The molecule has 0 spiro atoms. The number of nitrogens with one attached hydrogen (secondary N) is 1. The van der Waals surface area contributed by atoms with Crippen molar-refractivity contribution in [2.24, 2.45) is 0 Å². The molecular formula is C25H26N2O5S. The Balaban J connectivity index is 1.50. The molecule has 0 radical (unpaired) electrons. The Hall–Kier alpha value is -3.36. The van der Waals surface area contributed by atoms with Crippen LogP contribution in [-0.4, -0.2) is 37.5 Å². The number of fused-ring (bicyclic) bond motifs is 1. The highest BCUT2D eigenvalue weighted by molar-refractivity contribution is 7.89. The minimum atomic E-state index is -3.56. The number of benzene rings is 3. The highest BCUT2D eigenvalue weighted by Crippen LogP contribution is 2.32. The van der Waals surface area contributed by atoms with Gasteiger partial charge in [0.05, 0.1) is 12.9 Å². The van der Waals surface area contributed by atoms with E-state index in [1.54, 1.807) is 44.4 Å². The number of hydrogen-bond donors (Lipinski definition) is 1. The summed E-state index contributed by atoms with van der Waals surface area (Å²) in [6, 6.07) is 21.0. The van der Waals surface area contributed by atoms with Crippen molar-refractivity contribution in [2.75, 3.05) is 18.2 Å². The van der Waals surface area contributed by atoms with Crippen LogP contribution in [0.15, 0.2) is 72.8 Å². The zero-order valence-electron chi connectivity index (χ0n) is 18.5. The van der Waals surface area contributed by atoms with Crippen molar-refractivity contribution in [3.63, 3.8) is 0 Å². The number of amides is 1. The molecule has 1 aliphatic heterocycles. The van der Waals surface area contributed by atoms with Gasteiger partial charge < -0.3 is 14.8 Å². The number of para-hydroxylation sites is 2. The zero-order valence-corrected chi connectivity index (χ0v) is 19.3. The molecule has 1 atom stereocenters. The van der Waals surface area contributed by atoms with Gasteiger partial charge in [-0.05, 0) is 60.9 Å². The average Bonchev–Trinajstić information content (AvgIpc) is 2.84. The molecule has 1 amide bonds. The first-order chi connectivity index (χ1) is 15.9. The van der Waals surface area contributed by atoms with Crippen LogP contribution in [0, 0.1) is 0 Å². The van der Waals surface area contributed by atoms with E-state index in [0.717, 1.165) is 11.1 Å². The standard InChI is InChI=1S/C25H26N2O5S/c1-3-33(29,30)27-17-19-9-5-4-8-18(19)16-22(27)25(28)26-20-12-14-21(15-13-20)32-24-11-7-6-10-23(24)31-2/h4-15,22H,3,16-17H2,1-2H3,(H,26,28)/t22-/m0/s1. The van der Waals surface area contributed by atoms with Gasteiger partial charge in [0.1, 0.15) is 11.8 Å². The van der Waals surface area contributed by atoms with Crippen molar-refractivity contribution in [1.29, 1.82) is 0 Å². The molecule has 1 heterocycles. The van der Waals surface area contributed by atoms with Gasteiger partial charge in [-0.15, -0.1) is 0 Å². The van der Waals surface area contributed by atoms with Crippen molar-refractivity contribution in [1.82, 2.24) is 4.31 Å². The molecule has 4 rings (SSSR count). The van der Waals surface area contributed by atoms with Crippen LogP contribution < -0.4 is 14.8 Å². The fourth-order valence-electron chi connectivity index (χ4n) is 3.84. The molecule has 33 heavy (non-hydrogen) atoms. The van der Waals surface area contributed by atoms with Crippen LogP contribution in [0.2, 0.25) is 0 Å². The Morgan fingerprint density at radius 2 is 1.61 bits per heavy atom. The molecule has 0 bridgehead atoms. The second-order valence-electron chi connectivity index (χ2n) is 7.70. The van der Waals surface area contributed by atoms with Crippen molar-refractivity contribution in [2.45, 2.75) is 25.9 Å². The largest absolute Gasteiger partial charge is 0.493 e. The molecule has 0 fully saturated rings. The number of anilines is 1. The van der Waals surface area contributed by atoms with Gasteiger partial charge in [-0.25, -0.2) is 8.42 Å². The third-order valence-electron chi connectivity index (χ3n) is 5.65. The highest BCUT2D eigenvalue weighted by atomic mass is 32.2. The third kappa shape index (κ3) is 5.02. The SMILES string of the molecule is CCS(=O)(=O)N1Cc2ccccc2C[C@H]1C(=O)Nc1ccc(Oc2ccccc2OC)cc1. The topological polar surface area (TPSA) is 84.9 Å². The Morgan fingerprint density at radius 1 is 0.970 bits per heavy atom. The predicted molar refractivity (Wildman–Crippen MR) is 127 cm³/mol. The van der Waals surface area contributed by atoms with E-state index in [1.165, 1.54) is 4.31 Å². The summed E-state index contributed by atoms with van der Waals surface area (Å²) in [5.41, 5.74) is 2.47. The number of sulfonamides is 1. The van der Waals surface area contributed by atoms with Crippen molar-refractivity contribution in [3.8, 4) is 17.2 Å². The van der Waals surface area contributed by atoms with Crippen LogP contribution >= 0.6 is 0 Å². The van der Waals surface area contributed by atoms with Crippen LogP contribution in [0.1, 0.15) is 18.1 Å². The van der Waals surface area contributed by atoms with E-state index in [0.29, 0.717) is 29.4 Å². The van der Waals surface area contributed by atoms with E-state index >= 15 is 0 Å². The maximum Gasteiger partial charge on any atom is 0.243 e. The lowest BCUT2D eigenvalue weighted by molar-refractivity contribution is -0.120. The van der Waals surface area contributed by atoms with E-state index in [-0.39, 0.29) is 18.2 Å². The summed E-state index contributed by atoms with van der Waals surface area (Å²) >= 11 is 0. The van der Waals surface area contributed by atoms with Gasteiger partial charge in [0.2, 0.25) is 15.9 Å². The Morgan fingerprint density at radius 3 is 2.27 bits per heavy atom. The quantitative estimate of drug-likeness (QED) is 0.564. The summed E-state index contributed by atoms with van der Waals surface area (Å²) in [5.74, 6) is 1.36. The first-order valence-corrected chi connectivity index (χ1v) is 12.3. The molecule has 3 aromatic rings. The minimum Gasteiger partial charge on any atom is -0.493 e. The maximum atomic E-state index is 13.1. The zero-order chi connectivity index (χ0) is 23.4. The Labute approximate surface area is 194 Å². The Kier molecular flexibility index (Phi) is 6.67. The lowest BCUT2D eigenvalue weighted by atomic mass is 9.95. The summed E-state index contributed by atoms with van der Waals surface area (Å²) in [7, 11) is -1.98. The number of methoxy groups -OCH3 is 1. The molecule has 0 saturated heterocycles. The molecular weight excluding hydrogens is 440 g/mol. The van der Waals surface area contributed by atoms with Gasteiger partial charge in [-0.3, -0.25) is 4.79 Å². The molecule has 1 N–H and O–H groups in total. The van der Waals surface area contributed by atoms with Crippen molar-refractivity contribution in [3.05, 3.63) is 83.9 Å². The van der Waals surface area contributed by atoms with Gasteiger partial charge in [0, 0.05) is 12.2 Å². The normalized spacial score (nSPS) is 16.0. The fourth-order valence-corrected chi connectivity index (χ4v) is 5.07. The molecule has 8 heteroatoms. The smallest absolute Gasteiger partial charge is 0.243 e. The average molecular weight is 467 g/mol. The summed E-state index contributed by atoms with van der Waals surface area (Å²) in [5, 5.41) is 2.86. The van der Waals surface area contributed by atoms with Crippen LogP contribution in [0.3, 0.4) is 0 Å². The molecule has 172 valence electrons. The molecule has 3 aromatic carbocycles. The van der Waals surface area contributed by atoms with Gasteiger partial charge in [0.15, 0.2) is 11.5 Å². The molecule has 7 nitrogen and oxygen atoms in total. The van der Waals surface area contributed by atoms with Crippen molar-refractivity contribution < 1.29 is 22.7 Å². The van der Waals surface area contributed by atoms with E-state index in [4.69, 9.17) is 9.47 Å². The van der Waals surface area contributed by atoms with E-state index in [9.17, 15) is 13.2 Å². The minimum absolute atomic E-state index is 0.0616. The van der Waals surface area contributed by atoms with E-state index < -0.39 is 16.1 Å². The molecule has 0 saturated carbocycles. The van der Waals surface area contributed by atoms with E-state index in [2.05, 4.69) is 5.32 Å². The van der Waals surface area contributed by atoms with Crippen LogP contribution in [0.4, 0.5) is 5.69 Å². The summed E-state index contributed by atoms with van der Waals surface area (Å²) in [6.45, 7) is 1.78. The van der Waals surface area contributed by atoms with E-state index in [1.807, 2.05) is 42.5 Å². The second kappa shape index (κ2) is 9.64. The number of carbonyl (C=O) groups excluding carboxylic acids is 1. The molecule has 0 aliphatic carbocycles. The lowest BCUT2D eigenvalue weighted by Gasteiger charge is -2.34. The van der Waals surface area contributed by atoms with Gasteiger partial charge in [0.25, 0.3) is 0 Å². The summed E-state index contributed by atoms with van der Waals surface area (Å²) in [4.78, 5) is 13.1. The first kappa shape index (κ1) is 22.8. The summed E-state index contributed by atoms with van der Waals surface area (Å²) < 4.78 is 37.9. The first-order valence-electron chi connectivity index (χ1n) is 10.7. The molecule has 0 unspecified atom stereocenters. The predicted octanol–water partition coefficient (Wildman–Crippen LogP) is 4.20. The van der Waals surface area contributed by atoms with Gasteiger partial charge in [-0.1, -0.05) is 36.4 Å². The van der Waals surface area contributed by atoms with Gasteiger partial charge >= 0.3 is 0 Å². The highest BCUT2D eigenvalue weighted by Gasteiger charge is 2.37. The Bertz CT molecular complexity index is 1240. The molecule has 0 aromatic heterocycles. The number of ether oxygens (including phenoxy) is 2. The number of hydrogen-bond acceptors (Lipinski definition) is 5. The summed E-state index contributed by atoms with van der Waals surface area (Å²) in [6.07, 6.45) is 0.330. The van der Waals surface area contributed by atoms with Crippen LogP contribution in [0.25, 0.3) is 0 Å². The maximum absolute atomic E-state index is 13.1. The number of carbonyl (C=O) groups is 1. The van der Waals surface area contributed by atoms with Crippen LogP contribution in [0.5, 0.6) is 17.2 Å². The van der Waals surface area contributed by atoms with Crippen LogP contribution in [-0.2, 0) is 27.8 Å². The number of nitrogens with zero attached hydrogens (tertiary/aromatic N) is 1. The van der Waals surface area contributed by atoms with Gasteiger partial charge in [-0.2, -0.15) is 4.31 Å². The lowest BCUT2D eigenvalue weighted by Crippen LogP contribution is -2.51.